The molecule has 2 amide bonds. The number of amides is 2. The lowest BCUT2D eigenvalue weighted by Gasteiger charge is -2.13. The van der Waals surface area contributed by atoms with Crippen LogP contribution in [0, 0.1) is 12.3 Å². The summed E-state index contributed by atoms with van der Waals surface area (Å²) in [5, 5.41) is 14.4. The largest absolute Gasteiger partial charge is 0.396 e. The average molecular weight is 290 g/mol. The van der Waals surface area contributed by atoms with Gasteiger partial charge in [0.2, 0.25) is 0 Å². The molecule has 1 aliphatic carbocycles. The molecule has 0 bridgehead atoms. The first-order chi connectivity index (χ1) is 9.99. The van der Waals surface area contributed by atoms with Crippen molar-refractivity contribution >= 4 is 17.5 Å². The summed E-state index contributed by atoms with van der Waals surface area (Å²) in [5.41, 5.74) is 2.74. The Hall–Kier alpha value is -1.88. The third-order valence-electron chi connectivity index (χ3n) is 4.11. The summed E-state index contributed by atoms with van der Waals surface area (Å²) in [5.74, 6) is -1.33. The molecule has 114 valence electrons. The standard InChI is InChI=1S/C16H22N2O3/c1-3-12-8-13(5-4-11(12)2)18-15(21)14(20)17-9-16(10-19)6-7-16/h4-5,8,19H,3,6-7,9-10H2,1-2H3,(H,17,20)(H,18,21). The fourth-order valence-corrected chi connectivity index (χ4v) is 2.23. The number of carbonyl (C=O) groups excluding carboxylic acids is 2. The van der Waals surface area contributed by atoms with Gasteiger partial charge in [0.15, 0.2) is 0 Å². The van der Waals surface area contributed by atoms with Gasteiger partial charge < -0.3 is 15.7 Å². The van der Waals surface area contributed by atoms with Crippen molar-refractivity contribution in [2.75, 3.05) is 18.5 Å². The number of hydrogen-bond donors (Lipinski definition) is 3. The number of aliphatic hydroxyl groups is 1. The summed E-state index contributed by atoms with van der Waals surface area (Å²) < 4.78 is 0. The first-order valence-corrected chi connectivity index (χ1v) is 7.29. The van der Waals surface area contributed by atoms with Gasteiger partial charge in [0.25, 0.3) is 0 Å². The van der Waals surface area contributed by atoms with Crippen molar-refractivity contribution in [3.8, 4) is 0 Å². The van der Waals surface area contributed by atoms with Crippen LogP contribution in [0.4, 0.5) is 5.69 Å². The van der Waals surface area contributed by atoms with E-state index in [-0.39, 0.29) is 12.0 Å². The molecule has 0 aromatic heterocycles. The Morgan fingerprint density at radius 3 is 2.57 bits per heavy atom. The molecule has 1 saturated carbocycles. The highest BCUT2D eigenvalue weighted by molar-refractivity contribution is 6.39. The summed E-state index contributed by atoms with van der Waals surface area (Å²) in [6, 6.07) is 5.60. The maximum atomic E-state index is 11.8. The van der Waals surface area contributed by atoms with E-state index in [2.05, 4.69) is 10.6 Å². The molecule has 0 radical (unpaired) electrons. The summed E-state index contributed by atoms with van der Waals surface area (Å²) >= 11 is 0. The van der Waals surface area contributed by atoms with E-state index in [4.69, 9.17) is 0 Å². The molecule has 1 aliphatic rings. The summed E-state index contributed by atoms with van der Waals surface area (Å²) in [4.78, 5) is 23.6. The SMILES string of the molecule is CCc1cc(NC(=O)C(=O)NCC2(CO)CC2)ccc1C. The Morgan fingerprint density at radius 1 is 1.29 bits per heavy atom. The van der Waals surface area contributed by atoms with Crippen molar-refractivity contribution in [2.45, 2.75) is 33.1 Å². The van der Waals surface area contributed by atoms with Crippen LogP contribution in [-0.4, -0.2) is 30.1 Å². The molecule has 1 fully saturated rings. The van der Waals surface area contributed by atoms with Gasteiger partial charge in [-0.05, 0) is 49.4 Å². The van der Waals surface area contributed by atoms with E-state index in [0.29, 0.717) is 12.2 Å². The first kappa shape index (κ1) is 15.5. The molecule has 2 rings (SSSR count). The van der Waals surface area contributed by atoms with E-state index >= 15 is 0 Å². The second-order valence-corrected chi connectivity index (χ2v) is 5.79. The van der Waals surface area contributed by atoms with Crippen LogP contribution in [-0.2, 0) is 16.0 Å². The zero-order valence-electron chi connectivity index (χ0n) is 12.5. The third-order valence-corrected chi connectivity index (χ3v) is 4.11. The van der Waals surface area contributed by atoms with Crippen molar-refractivity contribution < 1.29 is 14.7 Å². The lowest BCUT2D eigenvalue weighted by molar-refractivity contribution is -0.136. The number of aryl methyl sites for hydroxylation is 2. The summed E-state index contributed by atoms with van der Waals surface area (Å²) in [6.07, 6.45) is 2.66. The maximum absolute atomic E-state index is 11.8. The number of anilines is 1. The lowest BCUT2D eigenvalue weighted by atomic mass is 10.1. The highest BCUT2D eigenvalue weighted by atomic mass is 16.3. The monoisotopic (exact) mass is 290 g/mol. The van der Waals surface area contributed by atoms with E-state index in [9.17, 15) is 14.7 Å². The van der Waals surface area contributed by atoms with Crippen molar-refractivity contribution in [2.24, 2.45) is 5.41 Å². The number of aliphatic hydroxyl groups excluding tert-OH is 1. The fraction of sp³-hybridized carbons (Fsp3) is 0.500. The topological polar surface area (TPSA) is 78.4 Å². The summed E-state index contributed by atoms with van der Waals surface area (Å²) in [7, 11) is 0. The number of rotatable bonds is 5. The predicted molar refractivity (Wildman–Crippen MR) is 80.9 cm³/mol. The van der Waals surface area contributed by atoms with Gasteiger partial charge in [0.1, 0.15) is 0 Å². The molecule has 0 aliphatic heterocycles. The van der Waals surface area contributed by atoms with Crippen LogP contribution in [0.1, 0.15) is 30.9 Å². The van der Waals surface area contributed by atoms with Crippen molar-refractivity contribution in [1.82, 2.24) is 5.32 Å². The van der Waals surface area contributed by atoms with Gasteiger partial charge in [0.05, 0.1) is 6.61 Å². The quantitative estimate of drug-likeness (QED) is 0.717. The van der Waals surface area contributed by atoms with E-state index < -0.39 is 11.8 Å². The molecular formula is C16H22N2O3. The first-order valence-electron chi connectivity index (χ1n) is 7.29. The van der Waals surface area contributed by atoms with Gasteiger partial charge >= 0.3 is 11.8 Å². The Labute approximate surface area is 124 Å². The highest BCUT2D eigenvalue weighted by Gasteiger charge is 2.42. The average Bonchev–Trinajstić information content (AvgIpc) is 3.27. The van der Waals surface area contributed by atoms with Gasteiger partial charge in [-0.1, -0.05) is 13.0 Å². The molecule has 0 spiro atoms. The normalized spacial score (nSPS) is 15.4. The number of carbonyl (C=O) groups is 2. The van der Waals surface area contributed by atoms with Gasteiger partial charge in [-0.25, -0.2) is 0 Å². The Bertz CT molecular complexity index is 550. The lowest BCUT2D eigenvalue weighted by Crippen LogP contribution is -2.39. The third kappa shape index (κ3) is 3.82. The maximum Gasteiger partial charge on any atom is 0.313 e. The van der Waals surface area contributed by atoms with Gasteiger partial charge in [-0.2, -0.15) is 0 Å². The molecule has 0 saturated heterocycles. The van der Waals surface area contributed by atoms with Crippen LogP contribution in [0.2, 0.25) is 0 Å². The Kier molecular flexibility index (Phi) is 4.63. The molecule has 5 heteroatoms. The second kappa shape index (κ2) is 6.26. The summed E-state index contributed by atoms with van der Waals surface area (Å²) in [6.45, 7) is 4.46. The minimum absolute atomic E-state index is 0.0483. The van der Waals surface area contributed by atoms with Crippen LogP contribution in [0.3, 0.4) is 0 Å². The van der Waals surface area contributed by atoms with E-state index in [0.717, 1.165) is 24.8 Å². The zero-order valence-corrected chi connectivity index (χ0v) is 12.5. The number of nitrogens with one attached hydrogen (secondary N) is 2. The van der Waals surface area contributed by atoms with E-state index in [1.165, 1.54) is 5.56 Å². The Balaban J connectivity index is 1.90. The van der Waals surface area contributed by atoms with Crippen molar-refractivity contribution in [3.63, 3.8) is 0 Å². The van der Waals surface area contributed by atoms with Crippen molar-refractivity contribution in [1.29, 1.82) is 0 Å². The van der Waals surface area contributed by atoms with Crippen molar-refractivity contribution in [3.05, 3.63) is 29.3 Å². The van der Waals surface area contributed by atoms with E-state index in [1.807, 2.05) is 26.0 Å². The van der Waals surface area contributed by atoms with Gasteiger partial charge in [-0.3, -0.25) is 9.59 Å². The molecular weight excluding hydrogens is 268 g/mol. The highest BCUT2D eigenvalue weighted by Crippen LogP contribution is 2.44. The fourth-order valence-electron chi connectivity index (χ4n) is 2.23. The molecule has 1 aromatic carbocycles. The number of benzene rings is 1. The smallest absolute Gasteiger partial charge is 0.313 e. The molecule has 0 atom stereocenters. The van der Waals surface area contributed by atoms with Crippen LogP contribution in [0.25, 0.3) is 0 Å². The van der Waals surface area contributed by atoms with Crippen LogP contribution in [0.15, 0.2) is 18.2 Å². The van der Waals surface area contributed by atoms with Crippen LogP contribution in [0.5, 0.6) is 0 Å². The molecule has 21 heavy (non-hydrogen) atoms. The molecule has 0 unspecified atom stereocenters. The molecule has 1 aromatic rings. The predicted octanol–water partition coefficient (Wildman–Crippen LogP) is 1.38. The second-order valence-electron chi connectivity index (χ2n) is 5.79. The minimum Gasteiger partial charge on any atom is -0.396 e. The van der Waals surface area contributed by atoms with Gasteiger partial charge in [0, 0.05) is 17.6 Å². The van der Waals surface area contributed by atoms with Gasteiger partial charge in [-0.15, -0.1) is 0 Å². The Morgan fingerprint density at radius 2 is 2.00 bits per heavy atom. The zero-order chi connectivity index (χ0) is 15.5. The molecule has 3 N–H and O–H groups in total. The molecule has 0 heterocycles. The van der Waals surface area contributed by atoms with E-state index in [1.54, 1.807) is 6.07 Å². The molecule has 5 nitrogen and oxygen atoms in total. The number of hydrogen-bond acceptors (Lipinski definition) is 3. The minimum atomic E-state index is -0.672. The van der Waals surface area contributed by atoms with Crippen LogP contribution < -0.4 is 10.6 Å². The van der Waals surface area contributed by atoms with Crippen LogP contribution >= 0.6 is 0 Å².